The van der Waals surface area contributed by atoms with E-state index in [1.54, 1.807) is 0 Å². The highest BCUT2D eigenvalue weighted by Gasteiger charge is 2.05. The van der Waals surface area contributed by atoms with Gasteiger partial charge < -0.3 is 4.90 Å². The van der Waals surface area contributed by atoms with Crippen LogP contribution in [0.1, 0.15) is 59.8 Å². The molecule has 0 spiro atoms. The van der Waals surface area contributed by atoms with E-state index in [1.807, 2.05) is 0 Å². The number of hydrogen-bond acceptors (Lipinski definition) is 1. The van der Waals surface area contributed by atoms with Crippen LogP contribution in [0.3, 0.4) is 0 Å². The summed E-state index contributed by atoms with van der Waals surface area (Å²) in [6.07, 6.45) is 8.67. The zero-order valence-corrected chi connectivity index (χ0v) is 11.7. The Hall–Kier alpha value is -0.170. The highest BCUT2D eigenvalue weighted by atomic mass is 35.5. The van der Waals surface area contributed by atoms with Gasteiger partial charge in [0.15, 0.2) is 0 Å². The fourth-order valence-electron chi connectivity index (χ4n) is 1.71. The van der Waals surface area contributed by atoms with E-state index in [2.05, 4.69) is 38.7 Å². The number of allylic oxidation sites excluding steroid dienone is 2. The smallest absolute Gasteiger partial charge is 0.0174 e. The van der Waals surface area contributed by atoms with Crippen LogP contribution < -0.4 is 0 Å². The van der Waals surface area contributed by atoms with Gasteiger partial charge in [0.1, 0.15) is 0 Å². The number of nitrogens with zero attached hydrogens (tertiary/aromatic N) is 1. The van der Waals surface area contributed by atoms with E-state index in [-0.39, 0.29) is 12.4 Å². The first-order valence-corrected chi connectivity index (χ1v) is 6.20. The molecule has 0 saturated heterocycles. The molecule has 2 heteroatoms. The molecule has 0 saturated carbocycles. The molecule has 0 aliphatic rings. The highest BCUT2D eigenvalue weighted by Crippen LogP contribution is 2.11. The lowest BCUT2D eigenvalue weighted by atomic mass is 10.2. The molecule has 92 valence electrons. The predicted molar refractivity (Wildman–Crippen MR) is 72.7 cm³/mol. The van der Waals surface area contributed by atoms with Crippen molar-refractivity contribution in [2.24, 2.45) is 0 Å². The summed E-state index contributed by atoms with van der Waals surface area (Å²) in [5.74, 6) is 0. The Morgan fingerprint density at radius 1 is 1.00 bits per heavy atom. The predicted octanol–water partition coefficient (Wildman–Crippen LogP) is 4.62. The highest BCUT2D eigenvalue weighted by molar-refractivity contribution is 5.85. The topological polar surface area (TPSA) is 3.24 Å². The molecule has 0 rings (SSSR count). The minimum atomic E-state index is 0. The van der Waals surface area contributed by atoms with Gasteiger partial charge >= 0.3 is 0 Å². The molecule has 0 aromatic rings. The van der Waals surface area contributed by atoms with Crippen molar-refractivity contribution in [1.82, 2.24) is 4.90 Å². The quantitative estimate of drug-likeness (QED) is 0.591. The molecule has 1 nitrogen and oxygen atoms in total. The molecule has 0 aromatic carbocycles. The zero-order valence-electron chi connectivity index (χ0n) is 10.9. The van der Waals surface area contributed by atoms with Crippen LogP contribution in [0.15, 0.2) is 11.8 Å². The van der Waals surface area contributed by atoms with Crippen molar-refractivity contribution in [3.05, 3.63) is 11.8 Å². The maximum atomic E-state index is 2.56. The first-order valence-electron chi connectivity index (χ1n) is 6.20. The Bertz CT molecular complexity index is 147. The summed E-state index contributed by atoms with van der Waals surface area (Å²) >= 11 is 0. The number of rotatable bonds is 8. The van der Waals surface area contributed by atoms with Crippen LogP contribution in [0.4, 0.5) is 0 Å². The monoisotopic (exact) mass is 233 g/mol. The molecule has 0 bridgehead atoms. The van der Waals surface area contributed by atoms with Gasteiger partial charge in [-0.25, -0.2) is 0 Å². The van der Waals surface area contributed by atoms with E-state index in [9.17, 15) is 0 Å². The summed E-state index contributed by atoms with van der Waals surface area (Å²) in [6.45, 7) is 11.4. The van der Waals surface area contributed by atoms with Crippen LogP contribution in [0, 0.1) is 0 Å². The van der Waals surface area contributed by atoms with Gasteiger partial charge in [-0.1, -0.05) is 39.7 Å². The number of halogens is 1. The largest absolute Gasteiger partial charge is 0.375 e. The lowest BCUT2D eigenvalue weighted by Crippen LogP contribution is -2.25. The summed E-state index contributed by atoms with van der Waals surface area (Å²) < 4.78 is 0. The van der Waals surface area contributed by atoms with Crippen LogP contribution in [0.25, 0.3) is 0 Å². The molecule has 0 atom stereocenters. The Morgan fingerprint density at radius 2 is 1.47 bits per heavy atom. The molecule has 0 N–H and O–H groups in total. The third-order valence-corrected chi connectivity index (χ3v) is 2.66. The van der Waals surface area contributed by atoms with Gasteiger partial charge in [0.2, 0.25) is 0 Å². The average molecular weight is 234 g/mol. The van der Waals surface area contributed by atoms with Gasteiger partial charge in [-0.2, -0.15) is 0 Å². The van der Waals surface area contributed by atoms with E-state index in [0.29, 0.717) is 0 Å². The number of hydrogen-bond donors (Lipinski definition) is 0. The molecule has 0 aliphatic heterocycles. The van der Waals surface area contributed by atoms with Crippen molar-refractivity contribution < 1.29 is 0 Å². The summed E-state index contributed by atoms with van der Waals surface area (Å²) in [5.41, 5.74) is 1.52. The van der Waals surface area contributed by atoms with Crippen LogP contribution in [0.5, 0.6) is 0 Å². The maximum Gasteiger partial charge on any atom is 0.0174 e. The second-order valence-electron chi connectivity index (χ2n) is 3.83. The summed E-state index contributed by atoms with van der Waals surface area (Å²) in [7, 11) is 0. The van der Waals surface area contributed by atoms with Crippen molar-refractivity contribution in [1.29, 1.82) is 0 Å². The number of unbranched alkanes of at least 4 members (excludes halogenated alkanes) is 2. The molecule has 0 unspecified atom stereocenters. The molecule has 0 amide bonds. The second kappa shape index (κ2) is 11.9. The third-order valence-electron chi connectivity index (χ3n) is 2.66. The Morgan fingerprint density at radius 3 is 1.73 bits per heavy atom. The van der Waals surface area contributed by atoms with Crippen LogP contribution in [0.2, 0.25) is 0 Å². The van der Waals surface area contributed by atoms with Crippen molar-refractivity contribution in [2.75, 3.05) is 13.1 Å². The van der Waals surface area contributed by atoms with Crippen LogP contribution in [-0.2, 0) is 0 Å². The third kappa shape index (κ3) is 7.72. The second-order valence-corrected chi connectivity index (χ2v) is 3.83. The molecule has 0 fully saturated rings. The van der Waals surface area contributed by atoms with E-state index in [4.69, 9.17) is 0 Å². The summed E-state index contributed by atoms with van der Waals surface area (Å²) in [5, 5.41) is 0. The Balaban J connectivity index is 0. The molecule has 0 heterocycles. The van der Waals surface area contributed by atoms with Crippen molar-refractivity contribution in [2.45, 2.75) is 59.8 Å². The van der Waals surface area contributed by atoms with E-state index in [0.717, 1.165) is 0 Å². The first kappa shape index (κ1) is 17.2. The Kier molecular flexibility index (Phi) is 13.7. The van der Waals surface area contributed by atoms with Crippen molar-refractivity contribution in [3.8, 4) is 0 Å². The van der Waals surface area contributed by atoms with Crippen LogP contribution in [-0.4, -0.2) is 18.0 Å². The minimum absolute atomic E-state index is 0. The standard InChI is InChI=1S/C13H27N.ClH/c1-5-9-11-14(12-10-6-2)13(7-3)8-4;/h7H,5-6,8-12H2,1-4H3;1H. The fraction of sp³-hybridized carbons (Fsp3) is 0.846. The Labute approximate surface area is 102 Å². The molecule has 0 aliphatic carbocycles. The minimum Gasteiger partial charge on any atom is -0.375 e. The lowest BCUT2D eigenvalue weighted by molar-refractivity contribution is 0.322. The zero-order chi connectivity index (χ0) is 10.8. The SMILES string of the molecule is CC=C(CC)N(CCCC)CCCC.Cl. The van der Waals surface area contributed by atoms with E-state index >= 15 is 0 Å². The van der Waals surface area contributed by atoms with E-state index < -0.39 is 0 Å². The van der Waals surface area contributed by atoms with Crippen molar-refractivity contribution >= 4 is 12.4 Å². The van der Waals surface area contributed by atoms with Crippen LogP contribution >= 0.6 is 12.4 Å². The first-order chi connectivity index (χ1) is 6.79. The molecule has 15 heavy (non-hydrogen) atoms. The summed E-state index contributed by atoms with van der Waals surface area (Å²) in [6, 6.07) is 0. The molecular formula is C13H28ClN. The maximum absolute atomic E-state index is 2.56. The lowest BCUT2D eigenvalue weighted by Gasteiger charge is -2.26. The molecular weight excluding hydrogens is 206 g/mol. The van der Waals surface area contributed by atoms with Gasteiger partial charge in [0.05, 0.1) is 0 Å². The van der Waals surface area contributed by atoms with E-state index in [1.165, 1.54) is 50.9 Å². The average Bonchev–Trinajstić information content (AvgIpc) is 2.22. The molecule has 0 radical (unpaired) electrons. The van der Waals surface area contributed by atoms with Gasteiger partial charge in [0.25, 0.3) is 0 Å². The van der Waals surface area contributed by atoms with Crippen molar-refractivity contribution in [3.63, 3.8) is 0 Å². The van der Waals surface area contributed by atoms with Gasteiger partial charge in [0, 0.05) is 18.8 Å². The van der Waals surface area contributed by atoms with Gasteiger partial charge in [-0.15, -0.1) is 12.4 Å². The van der Waals surface area contributed by atoms with Gasteiger partial charge in [-0.05, 0) is 26.2 Å². The summed E-state index contributed by atoms with van der Waals surface area (Å²) in [4.78, 5) is 2.56. The fourth-order valence-corrected chi connectivity index (χ4v) is 1.71. The molecule has 0 aromatic heterocycles. The normalized spacial score (nSPS) is 11.1. The van der Waals surface area contributed by atoms with Gasteiger partial charge in [-0.3, -0.25) is 0 Å².